The number of halogens is 6. The summed E-state index contributed by atoms with van der Waals surface area (Å²) in [7, 11) is 0. The van der Waals surface area contributed by atoms with Gasteiger partial charge in [0.15, 0.2) is 0 Å². The van der Waals surface area contributed by atoms with Crippen molar-refractivity contribution in [1.82, 2.24) is 0 Å². The van der Waals surface area contributed by atoms with E-state index in [0.29, 0.717) is 0 Å². The molecule has 0 N–H and O–H groups in total. The van der Waals surface area contributed by atoms with Crippen molar-refractivity contribution in [3.05, 3.63) is 11.1 Å². The Kier molecular flexibility index (Phi) is 3.08. The van der Waals surface area contributed by atoms with Gasteiger partial charge in [-0.2, -0.15) is 8.78 Å². The maximum atomic E-state index is 12.5. The Bertz CT molecular complexity index is 151. The summed E-state index contributed by atoms with van der Waals surface area (Å²) in [6, 6.07) is 0. The molecular formula is C4H2BrCl2F3. The van der Waals surface area contributed by atoms with E-state index in [2.05, 4.69) is 45.7 Å². The molecule has 0 aromatic rings. The molecule has 0 amide bonds. The quantitative estimate of drug-likeness (QED) is 0.663. The molecule has 0 radical (unpaired) electrons. The van der Waals surface area contributed by atoms with Crippen LogP contribution in [0.2, 0.25) is 0 Å². The molecule has 0 rings (SSSR count). The van der Waals surface area contributed by atoms with Gasteiger partial charge in [0.25, 0.3) is 5.13 Å². The Balaban J connectivity index is 4.57. The molecule has 0 fully saturated rings. The van der Waals surface area contributed by atoms with Crippen molar-refractivity contribution in [2.45, 2.75) is 10.5 Å². The Hall–Kier alpha value is 0.590. The van der Waals surface area contributed by atoms with Gasteiger partial charge in [0, 0.05) is 4.48 Å². The first kappa shape index (κ1) is 10.6. The fourth-order valence-electron chi connectivity index (χ4n) is 0.154. The molecule has 0 saturated carbocycles. The summed E-state index contributed by atoms with van der Waals surface area (Å²) in [5.41, 5.74) is 0. The summed E-state index contributed by atoms with van der Waals surface area (Å²) >= 11 is 11.3. The smallest absolute Gasteiger partial charge is 0.212 e. The summed E-state index contributed by atoms with van der Waals surface area (Å²) in [5, 5.41) is -7.59. The van der Waals surface area contributed by atoms with Crippen LogP contribution in [-0.4, -0.2) is 10.5 Å². The highest BCUT2D eigenvalue weighted by Crippen LogP contribution is 2.46. The van der Waals surface area contributed by atoms with E-state index in [4.69, 9.17) is 0 Å². The minimum atomic E-state index is -4.16. The van der Waals surface area contributed by atoms with Crippen molar-refractivity contribution < 1.29 is 13.2 Å². The molecular weight excluding hydrogens is 256 g/mol. The zero-order valence-corrected chi connectivity index (χ0v) is 7.57. The maximum Gasteiger partial charge on any atom is 0.373 e. The third-order valence-corrected chi connectivity index (χ3v) is 2.29. The standard InChI is InChI=1S/C4H2BrCl2F3/c1-2(5)3(6,8)4(7,9)10/h1H2/t3-/m1/s1. The van der Waals surface area contributed by atoms with Gasteiger partial charge in [-0.1, -0.05) is 34.1 Å². The van der Waals surface area contributed by atoms with Crippen molar-refractivity contribution in [2.75, 3.05) is 0 Å². The molecule has 1 atom stereocenters. The molecule has 0 aromatic heterocycles. The molecule has 0 aliphatic carbocycles. The highest BCUT2D eigenvalue weighted by molar-refractivity contribution is 9.11. The van der Waals surface area contributed by atoms with Crippen molar-refractivity contribution >= 4 is 39.1 Å². The van der Waals surface area contributed by atoms with Gasteiger partial charge in [-0.15, -0.1) is 0 Å². The normalized spacial score (nSPS) is 18.2. The van der Waals surface area contributed by atoms with Crippen molar-refractivity contribution in [3.63, 3.8) is 0 Å². The highest BCUT2D eigenvalue weighted by Gasteiger charge is 2.54. The molecule has 0 spiro atoms. The van der Waals surface area contributed by atoms with Crippen LogP contribution in [0.5, 0.6) is 0 Å². The number of alkyl halides is 5. The molecule has 0 heterocycles. The van der Waals surface area contributed by atoms with Gasteiger partial charge in [-0.3, -0.25) is 0 Å². The van der Waals surface area contributed by atoms with E-state index in [-0.39, 0.29) is 0 Å². The van der Waals surface area contributed by atoms with Crippen LogP contribution in [0.4, 0.5) is 13.2 Å². The topological polar surface area (TPSA) is 0 Å². The first-order valence-corrected chi connectivity index (χ1v) is 3.54. The van der Waals surface area contributed by atoms with E-state index in [0.717, 1.165) is 0 Å². The average Bonchev–Trinajstić information content (AvgIpc) is 1.62. The second-order valence-electron chi connectivity index (χ2n) is 1.48. The number of hydrogen-bond donors (Lipinski definition) is 0. The minimum absolute atomic E-state index is 0.707. The van der Waals surface area contributed by atoms with E-state index < -0.39 is 15.0 Å². The summed E-state index contributed by atoms with van der Waals surface area (Å²) in [6.45, 7) is 2.84. The number of hydrogen-bond acceptors (Lipinski definition) is 0. The second-order valence-corrected chi connectivity index (χ2v) is 3.43. The van der Waals surface area contributed by atoms with Crippen LogP contribution < -0.4 is 0 Å². The predicted octanol–water partition coefficient (Wildman–Crippen LogP) is 3.63. The Morgan fingerprint density at radius 2 is 1.60 bits per heavy atom. The van der Waals surface area contributed by atoms with Crippen LogP contribution in [0.25, 0.3) is 0 Å². The van der Waals surface area contributed by atoms with Crippen LogP contribution in [0, 0.1) is 0 Å². The largest absolute Gasteiger partial charge is 0.373 e. The zero-order chi connectivity index (χ0) is 8.58. The monoisotopic (exact) mass is 256 g/mol. The lowest BCUT2D eigenvalue weighted by atomic mass is 10.4. The Morgan fingerprint density at radius 3 is 1.60 bits per heavy atom. The van der Waals surface area contributed by atoms with Gasteiger partial charge in [0.05, 0.1) is 0 Å². The molecule has 0 unspecified atom stereocenters. The zero-order valence-electron chi connectivity index (χ0n) is 4.47. The lowest BCUT2D eigenvalue weighted by molar-refractivity contribution is 0.00498. The molecule has 0 saturated heterocycles. The summed E-state index contributed by atoms with van der Waals surface area (Å²) in [5.74, 6) is 0. The van der Waals surface area contributed by atoms with E-state index in [1.54, 1.807) is 0 Å². The predicted molar refractivity (Wildman–Crippen MR) is 38.6 cm³/mol. The van der Waals surface area contributed by atoms with Gasteiger partial charge in [-0.05, 0) is 11.6 Å². The lowest BCUT2D eigenvalue weighted by Gasteiger charge is -2.20. The Morgan fingerprint density at radius 1 is 1.30 bits per heavy atom. The Labute approximate surface area is 74.1 Å². The van der Waals surface area contributed by atoms with Gasteiger partial charge in [0.1, 0.15) is 0 Å². The summed E-state index contributed by atoms with van der Waals surface area (Å²) < 4.78 is 35.6. The molecule has 60 valence electrons. The molecule has 10 heavy (non-hydrogen) atoms. The number of allylic oxidation sites excluding steroid dienone is 1. The molecule has 0 nitrogen and oxygen atoms in total. The maximum absolute atomic E-state index is 12.5. The fraction of sp³-hybridized carbons (Fsp3) is 0.500. The van der Waals surface area contributed by atoms with Gasteiger partial charge >= 0.3 is 5.38 Å². The van der Waals surface area contributed by atoms with Crippen LogP contribution in [-0.2, 0) is 0 Å². The van der Waals surface area contributed by atoms with E-state index in [1.165, 1.54) is 0 Å². The van der Waals surface area contributed by atoms with E-state index >= 15 is 0 Å². The van der Waals surface area contributed by atoms with Crippen molar-refractivity contribution in [1.29, 1.82) is 0 Å². The lowest BCUT2D eigenvalue weighted by Crippen LogP contribution is -2.33. The molecule has 0 aliphatic rings. The number of rotatable bonds is 2. The first-order valence-electron chi connectivity index (χ1n) is 1.99. The van der Waals surface area contributed by atoms with Gasteiger partial charge in [-0.25, -0.2) is 4.39 Å². The third kappa shape index (κ3) is 2.04. The van der Waals surface area contributed by atoms with Crippen LogP contribution in [0.1, 0.15) is 0 Å². The minimum Gasteiger partial charge on any atom is -0.212 e. The molecule has 0 aliphatic heterocycles. The van der Waals surface area contributed by atoms with Crippen LogP contribution in [0.3, 0.4) is 0 Å². The highest BCUT2D eigenvalue weighted by atomic mass is 79.9. The van der Waals surface area contributed by atoms with Gasteiger partial charge < -0.3 is 0 Å². The van der Waals surface area contributed by atoms with Crippen LogP contribution >= 0.6 is 39.1 Å². The summed E-state index contributed by atoms with van der Waals surface area (Å²) in [4.78, 5) is 0. The van der Waals surface area contributed by atoms with E-state index in [1.807, 2.05) is 0 Å². The third-order valence-electron chi connectivity index (χ3n) is 0.697. The first-order chi connectivity index (χ1) is 4.19. The van der Waals surface area contributed by atoms with Gasteiger partial charge in [0.2, 0.25) is 0 Å². The van der Waals surface area contributed by atoms with Crippen LogP contribution in [0.15, 0.2) is 11.1 Å². The van der Waals surface area contributed by atoms with E-state index in [9.17, 15) is 13.2 Å². The van der Waals surface area contributed by atoms with Crippen molar-refractivity contribution in [3.8, 4) is 0 Å². The molecule has 0 bridgehead atoms. The SMILES string of the molecule is C=C(Br)[C@](F)(Cl)C(F)(F)Cl. The summed E-state index contributed by atoms with van der Waals surface area (Å²) in [6.07, 6.45) is 0. The molecule has 0 aromatic carbocycles. The average molecular weight is 258 g/mol. The fourth-order valence-corrected chi connectivity index (χ4v) is 0.631. The van der Waals surface area contributed by atoms with Crippen molar-refractivity contribution in [2.24, 2.45) is 0 Å². The molecule has 6 heteroatoms. The second kappa shape index (κ2) is 2.91.